The van der Waals surface area contributed by atoms with Crippen molar-refractivity contribution >= 4 is 17.8 Å². The Hall–Kier alpha value is -3.93. The predicted octanol–water partition coefficient (Wildman–Crippen LogP) is 3.30. The molecule has 0 radical (unpaired) electrons. The van der Waals surface area contributed by atoms with Crippen molar-refractivity contribution in [3.63, 3.8) is 0 Å². The molecule has 1 fully saturated rings. The highest BCUT2D eigenvalue weighted by molar-refractivity contribution is 6.09. The van der Waals surface area contributed by atoms with E-state index in [4.69, 9.17) is 0 Å². The fourth-order valence-corrected chi connectivity index (χ4v) is 3.92. The summed E-state index contributed by atoms with van der Waals surface area (Å²) in [5.41, 5.74) is 2.43. The maximum Gasteiger partial charge on any atom is 0.325 e. The minimum Gasteiger partial charge on any atom is -0.350 e. The third-order valence-electron chi connectivity index (χ3n) is 5.67. The van der Waals surface area contributed by atoms with Gasteiger partial charge in [0.15, 0.2) is 5.54 Å². The Morgan fingerprint density at radius 3 is 2.16 bits per heavy atom. The van der Waals surface area contributed by atoms with Crippen LogP contribution in [0.15, 0.2) is 84.9 Å². The van der Waals surface area contributed by atoms with Crippen molar-refractivity contribution < 1.29 is 14.4 Å². The first kappa shape index (κ1) is 21.3. The second-order valence-corrected chi connectivity index (χ2v) is 8.02. The molecule has 0 unspecified atom stereocenters. The summed E-state index contributed by atoms with van der Waals surface area (Å²) in [7, 11) is 0. The van der Waals surface area contributed by atoms with Crippen LogP contribution < -0.4 is 10.6 Å². The summed E-state index contributed by atoms with van der Waals surface area (Å²) in [5, 5.41) is 5.67. The van der Waals surface area contributed by atoms with Crippen molar-refractivity contribution in [2.24, 2.45) is 0 Å². The van der Waals surface area contributed by atoms with E-state index in [0.717, 1.165) is 21.6 Å². The lowest BCUT2D eigenvalue weighted by Crippen LogP contribution is -2.46. The fourth-order valence-electron chi connectivity index (χ4n) is 3.92. The van der Waals surface area contributed by atoms with Gasteiger partial charge in [0.05, 0.1) is 0 Å². The summed E-state index contributed by atoms with van der Waals surface area (Å²) < 4.78 is 0. The van der Waals surface area contributed by atoms with Crippen molar-refractivity contribution in [1.29, 1.82) is 0 Å². The number of carbonyl (C=O) groups is 3. The summed E-state index contributed by atoms with van der Waals surface area (Å²) in [6.45, 7) is 1.99. The van der Waals surface area contributed by atoms with Gasteiger partial charge in [-0.25, -0.2) is 4.79 Å². The molecule has 1 aliphatic rings. The van der Waals surface area contributed by atoms with Gasteiger partial charge in [0.25, 0.3) is 5.91 Å². The normalized spacial score (nSPS) is 17.8. The molecular formula is C26H25N3O3. The SMILES string of the molecule is Cc1ccc(CNC(=O)CN2C(=O)N[C@@](Cc3ccccc3)(c3ccccc3)C2=O)cc1. The van der Waals surface area contributed by atoms with Gasteiger partial charge in [-0.3, -0.25) is 14.5 Å². The number of rotatable bonds is 7. The molecule has 0 aliphatic carbocycles. The molecule has 0 spiro atoms. The molecule has 6 nitrogen and oxygen atoms in total. The minimum absolute atomic E-state index is 0.296. The van der Waals surface area contributed by atoms with E-state index in [1.165, 1.54) is 0 Å². The average Bonchev–Trinajstić information content (AvgIpc) is 3.05. The Labute approximate surface area is 187 Å². The quantitative estimate of drug-likeness (QED) is 0.568. The second kappa shape index (κ2) is 9.06. The Kier molecular flexibility index (Phi) is 6.03. The van der Waals surface area contributed by atoms with E-state index < -0.39 is 23.4 Å². The molecule has 0 saturated carbocycles. The fraction of sp³-hybridized carbons (Fsp3) is 0.192. The zero-order valence-electron chi connectivity index (χ0n) is 17.9. The monoisotopic (exact) mass is 427 g/mol. The number of benzene rings is 3. The summed E-state index contributed by atoms with van der Waals surface area (Å²) in [4.78, 5) is 39.9. The average molecular weight is 428 g/mol. The van der Waals surface area contributed by atoms with Crippen LogP contribution >= 0.6 is 0 Å². The van der Waals surface area contributed by atoms with Gasteiger partial charge in [-0.2, -0.15) is 0 Å². The van der Waals surface area contributed by atoms with Gasteiger partial charge >= 0.3 is 6.03 Å². The molecule has 162 valence electrons. The summed E-state index contributed by atoms with van der Waals surface area (Å²) in [6.07, 6.45) is 0.296. The first-order valence-corrected chi connectivity index (χ1v) is 10.5. The molecule has 2 N–H and O–H groups in total. The van der Waals surface area contributed by atoms with Gasteiger partial charge < -0.3 is 10.6 Å². The smallest absolute Gasteiger partial charge is 0.325 e. The van der Waals surface area contributed by atoms with E-state index in [9.17, 15) is 14.4 Å². The van der Waals surface area contributed by atoms with Gasteiger partial charge in [-0.15, -0.1) is 0 Å². The Bertz CT molecular complexity index is 1110. The first-order valence-electron chi connectivity index (χ1n) is 10.5. The summed E-state index contributed by atoms with van der Waals surface area (Å²) in [5.74, 6) is -0.819. The summed E-state index contributed by atoms with van der Waals surface area (Å²) >= 11 is 0. The van der Waals surface area contributed by atoms with Crippen LogP contribution in [0.3, 0.4) is 0 Å². The summed E-state index contributed by atoms with van der Waals surface area (Å²) in [6, 6.07) is 25.9. The lowest BCUT2D eigenvalue weighted by Gasteiger charge is -2.27. The number of urea groups is 1. The van der Waals surface area contributed by atoms with E-state index in [2.05, 4.69) is 10.6 Å². The van der Waals surface area contributed by atoms with Crippen LogP contribution in [-0.4, -0.2) is 29.3 Å². The van der Waals surface area contributed by atoms with Crippen LogP contribution in [0.4, 0.5) is 4.79 Å². The molecule has 0 bridgehead atoms. The van der Waals surface area contributed by atoms with Gasteiger partial charge in [-0.05, 0) is 23.6 Å². The van der Waals surface area contributed by atoms with E-state index in [0.29, 0.717) is 18.5 Å². The topological polar surface area (TPSA) is 78.5 Å². The van der Waals surface area contributed by atoms with Crippen LogP contribution in [0.1, 0.15) is 22.3 Å². The molecule has 3 aromatic carbocycles. The highest BCUT2D eigenvalue weighted by Gasteiger charge is 2.52. The molecular weight excluding hydrogens is 402 g/mol. The van der Waals surface area contributed by atoms with Crippen LogP contribution in [0.5, 0.6) is 0 Å². The Morgan fingerprint density at radius 2 is 1.50 bits per heavy atom. The van der Waals surface area contributed by atoms with Gasteiger partial charge in [0.2, 0.25) is 5.91 Å². The van der Waals surface area contributed by atoms with Crippen LogP contribution in [-0.2, 0) is 28.1 Å². The van der Waals surface area contributed by atoms with Crippen LogP contribution in [0.25, 0.3) is 0 Å². The molecule has 1 atom stereocenters. The number of nitrogens with one attached hydrogen (secondary N) is 2. The zero-order chi connectivity index (χ0) is 22.6. The maximum absolute atomic E-state index is 13.6. The zero-order valence-corrected chi connectivity index (χ0v) is 17.9. The first-order chi connectivity index (χ1) is 15.5. The number of aryl methyl sites for hydroxylation is 1. The Balaban J connectivity index is 1.53. The molecule has 1 saturated heterocycles. The molecule has 4 amide bonds. The van der Waals surface area contributed by atoms with Gasteiger partial charge in [-0.1, -0.05) is 90.5 Å². The minimum atomic E-state index is -1.25. The Morgan fingerprint density at radius 1 is 0.875 bits per heavy atom. The van der Waals surface area contributed by atoms with Crippen LogP contribution in [0, 0.1) is 6.92 Å². The predicted molar refractivity (Wildman–Crippen MR) is 122 cm³/mol. The van der Waals surface area contributed by atoms with Crippen molar-refractivity contribution in [3.05, 3.63) is 107 Å². The van der Waals surface area contributed by atoms with Crippen molar-refractivity contribution in [2.75, 3.05) is 6.54 Å². The number of amides is 4. The van der Waals surface area contributed by atoms with Crippen molar-refractivity contribution in [3.8, 4) is 0 Å². The number of nitrogens with zero attached hydrogens (tertiary/aromatic N) is 1. The molecule has 3 aromatic rings. The number of imide groups is 1. The second-order valence-electron chi connectivity index (χ2n) is 8.02. The van der Waals surface area contributed by atoms with E-state index >= 15 is 0 Å². The van der Waals surface area contributed by atoms with Crippen LogP contribution in [0.2, 0.25) is 0 Å². The van der Waals surface area contributed by atoms with Crippen molar-refractivity contribution in [2.45, 2.75) is 25.4 Å². The molecule has 1 aliphatic heterocycles. The molecule has 32 heavy (non-hydrogen) atoms. The van der Waals surface area contributed by atoms with E-state index in [-0.39, 0.29) is 6.54 Å². The third-order valence-corrected chi connectivity index (χ3v) is 5.67. The highest BCUT2D eigenvalue weighted by atomic mass is 16.2. The molecule has 6 heteroatoms. The highest BCUT2D eigenvalue weighted by Crippen LogP contribution is 2.32. The standard InChI is InChI=1S/C26H25N3O3/c1-19-12-14-21(15-13-19)17-27-23(30)18-29-24(31)26(28-25(29)32,22-10-6-3-7-11-22)16-20-8-4-2-5-9-20/h2-15H,16-18H2,1H3,(H,27,30)(H,28,32)/t26-/m0/s1. The third kappa shape index (κ3) is 4.39. The number of hydrogen-bond donors (Lipinski definition) is 2. The van der Waals surface area contributed by atoms with E-state index in [1.807, 2.05) is 91.9 Å². The van der Waals surface area contributed by atoms with Crippen molar-refractivity contribution in [1.82, 2.24) is 15.5 Å². The number of hydrogen-bond acceptors (Lipinski definition) is 3. The van der Waals surface area contributed by atoms with Gasteiger partial charge in [0, 0.05) is 13.0 Å². The largest absolute Gasteiger partial charge is 0.350 e. The lowest BCUT2D eigenvalue weighted by molar-refractivity contribution is -0.135. The maximum atomic E-state index is 13.6. The molecule has 0 aromatic heterocycles. The molecule has 4 rings (SSSR count). The van der Waals surface area contributed by atoms with E-state index in [1.54, 1.807) is 0 Å². The number of carbonyl (C=O) groups excluding carboxylic acids is 3. The lowest BCUT2D eigenvalue weighted by atomic mass is 9.83. The molecule has 1 heterocycles. The van der Waals surface area contributed by atoms with Gasteiger partial charge in [0.1, 0.15) is 6.54 Å².